The first-order chi connectivity index (χ1) is 22.3. The summed E-state index contributed by atoms with van der Waals surface area (Å²) >= 11 is 19.1. The van der Waals surface area contributed by atoms with Gasteiger partial charge in [0.15, 0.2) is 0 Å². The fourth-order valence-corrected chi connectivity index (χ4v) is 4.41. The number of rotatable bonds is 8. The third-order valence-electron chi connectivity index (χ3n) is 6.41. The van der Waals surface area contributed by atoms with Gasteiger partial charge in [-0.3, -0.25) is 39.4 Å². The van der Waals surface area contributed by atoms with Crippen molar-refractivity contribution in [2.24, 2.45) is 11.5 Å². The van der Waals surface area contributed by atoms with Crippen LogP contribution >= 0.6 is 46.4 Å². The Kier molecular flexibility index (Phi) is 71.5. The molecule has 0 amide bonds. The van der Waals surface area contributed by atoms with E-state index < -0.39 is 0 Å². The summed E-state index contributed by atoms with van der Waals surface area (Å²) in [5.74, 6) is 0. The van der Waals surface area contributed by atoms with Crippen LogP contribution in [0.25, 0.3) is 0 Å². The van der Waals surface area contributed by atoms with Gasteiger partial charge in [0.25, 0.3) is 0 Å². The first-order valence-electron chi connectivity index (χ1n) is 16.1. The summed E-state index contributed by atoms with van der Waals surface area (Å²) in [7, 11) is 0. The van der Waals surface area contributed by atoms with Crippen molar-refractivity contribution in [3.63, 3.8) is 0 Å². The van der Waals surface area contributed by atoms with E-state index in [1.54, 1.807) is 0 Å². The summed E-state index contributed by atoms with van der Waals surface area (Å²) in [5.41, 5.74) is 12.0. The van der Waals surface area contributed by atoms with Crippen LogP contribution in [0.3, 0.4) is 0 Å². The Morgan fingerprint density at radius 2 is 0.692 bits per heavy atom. The van der Waals surface area contributed by atoms with Crippen LogP contribution in [-0.4, -0.2) is 129 Å². The second-order valence-electron chi connectivity index (χ2n) is 10.1. The second-order valence-corrected chi connectivity index (χ2v) is 11.7. The average Bonchev–Trinajstić information content (AvgIpc) is 3.07. The molecule has 4 heterocycles. The molecule has 20 heteroatoms. The van der Waals surface area contributed by atoms with Gasteiger partial charge in [0.2, 0.25) is 0 Å². The Hall–Kier alpha value is 1.34. The molecule has 10 nitrogen and oxygen atoms in total. The van der Waals surface area contributed by atoms with Crippen LogP contribution in [0.4, 0.5) is 0 Å². The van der Waals surface area contributed by atoms with Gasteiger partial charge in [-0.25, -0.2) is 0 Å². The van der Waals surface area contributed by atoms with Crippen LogP contribution in [0.5, 0.6) is 0 Å². The van der Waals surface area contributed by atoms with E-state index in [1.807, 2.05) is 38.4 Å². The topological polar surface area (TPSA) is 97.3 Å². The monoisotopic (exact) mass is 992 g/mol. The van der Waals surface area contributed by atoms with Crippen molar-refractivity contribution < 1.29 is 83.8 Å². The molecular weight excluding hydrogens is 935 g/mol. The summed E-state index contributed by atoms with van der Waals surface area (Å²) in [6.07, 6.45) is 3.74. The number of alkyl halides is 4. The first kappa shape index (κ1) is 71.1. The molecule has 4 rings (SSSR count). The van der Waals surface area contributed by atoms with Gasteiger partial charge in [0, 0.05) is 25.5 Å². The van der Waals surface area contributed by atoms with Crippen molar-refractivity contribution in [2.45, 2.75) is 54.6 Å². The fraction of sp³-hybridized carbons (Fsp3) is 0.688. The molecule has 2 radical (unpaired) electrons. The third-order valence-corrected chi connectivity index (χ3v) is 6.41. The summed E-state index contributed by atoms with van der Waals surface area (Å²) < 4.78 is 0. The molecule has 0 aromatic carbocycles. The normalized spacial score (nSPS) is 14.2. The standard InChI is InChI=1S/2C13H22N4.2C2H7N.2CH2Cl2.4ClH.2Cu/c2*1-3-15-10-16(4-2)12-17(11-15)9-13-7-5-6-8-14-13;2*1-2-3;2*2-1-3;;;;;;/h2*5-8H,3-4,9-12H2,1-2H3;2*2-3H2,1H3;2*1H2;4*1H;;/q;;;;;;;;;;2*+2/p-4. The van der Waals surface area contributed by atoms with Crippen LogP contribution in [0.1, 0.15) is 52.9 Å². The molecule has 2 aliphatic heterocycles. The molecule has 2 aromatic rings. The van der Waals surface area contributed by atoms with E-state index in [0.717, 1.165) is 104 Å². The van der Waals surface area contributed by atoms with Crippen molar-refractivity contribution in [3.05, 3.63) is 60.2 Å². The molecule has 0 bridgehead atoms. The van der Waals surface area contributed by atoms with Gasteiger partial charge in [-0.05, 0) is 63.5 Å². The van der Waals surface area contributed by atoms with E-state index in [1.165, 1.54) is 0 Å². The molecule has 2 aromatic heterocycles. The van der Waals surface area contributed by atoms with Gasteiger partial charge in [0.05, 0.1) is 62.1 Å². The van der Waals surface area contributed by atoms with E-state index in [2.05, 4.69) is 91.3 Å². The smallest absolute Gasteiger partial charge is 1.00 e. The van der Waals surface area contributed by atoms with Crippen molar-refractivity contribution >= 4 is 46.4 Å². The maximum absolute atomic E-state index is 4.85. The van der Waals surface area contributed by atoms with Crippen LogP contribution < -0.4 is 61.1 Å². The molecule has 0 spiro atoms. The van der Waals surface area contributed by atoms with E-state index >= 15 is 0 Å². The minimum absolute atomic E-state index is 0. The summed E-state index contributed by atoms with van der Waals surface area (Å²) in [6.45, 7) is 26.8. The number of pyridine rings is 2. The number of aromatic nitrogens is 2. The molecule has 2 aliphatic rings. The van der Waals surface area contributed by atoms with E-state index in [0.29, 0.717) is 0 Å². The molecule has 318 valence electrons. The quantitative estimate of drug-likeness (QED) is 0.197. The molecule has 2 fully saturated rings. The molecule has 2 saturated heterocycles. The maximum atomic E-state index is 4.85. The van der Waals surface area contributed by atoms with Gasteiger partial charge in [-0.15, -0.1) is 46.4 Å². The molecule has 4 N–H and O–H groups in total. The van der Waals surface area contributed by atoms with Crippen LogP contribution in [-0.2, 0) is 47.2 Å². The fourth-order valence-electron chi connectivity index (χ4n) is 4.41. The van der Waals surface area contributed by atoms with Crippen molar-refractivity contribution in [1.29, 1.82) is 0 Å². The number of hydrogen-bond acceptors (Lipinski definition) is 10. The molecule has 0 saturated carbocycles. The minimum atomic E-state index is 0. The molecule has 0 unspecified atom stereocenters. The Balaban J connectivity index is -0.0000000874. The number of halogens is 8. The first-order valence-corrected chi connectivity index (χ1v) is 18.2. The molecule has 0 aliphatic carbocycles. The second kappa shape index (κ2) is 52.3. The van der Waals surface area contributed by atoms with Crippen LogP contribution in [0, 0.1) is 0 Å². The Morgan fingerprint density at radius 3 is 0.865 bits per heavy atom. The van der Waals surface area contributed by atoms with E-state index in [4.69, 9.17) is 57.9 Å². The Morgan fingerprint density at radius 1 is 0.481 bits per heavy atom. The summed E-state index contributed by atoms with van der Waals surface area (Å²) in [4.78, 5) is 23.5. The Bertz CT molecular complexity index is 801. The minimum Gasteiger partial charge on any atom is -1.00 e. The molecule has 52 heavy (non-hydrogen) atoms. The SMILES string of the molecule is CCN.CCN.CCN1CN(CC)CN(Cc2ccccn2)C1.CCN1CN(CC)CN(Cc2ccccn2)C1.ClCCl.ClCCl.[Cl-].[Cl-].[Cl-].[Cl-].[Cu+2].[Cu+2]. The summed E-state index contributed by atoms with van der Waals surface area (Å²) in [6, 6.07) is 12.2. The van der Waals surface area contributed by atoms with Gasteiger partial charge in [0.1, 0.15) is 0 Å². The average molecular weight is 998 g/mol. The molecular formula is C32H62Cl8Cu2N10. The zero-order valence-electron chi connectivity index (χ0n) is 31.3. The zero-order chi connectivity index (χ0) is 35.0. The van der Waals surface area contributed by atoms with Crippen molar-refractivity contribution in [1.82, 2.24) is 39.4 Å². The van der Waals surface area contributed by atoms with Gasteiger partial charge in [-0.2, -0.15) is 0 Å². The largest absolute Gasteiger partial charge is 2.00 e. The summed E-state index contributed by atoms with van der Waals surface area (Å²) in [5, 5.41) is 0.389. The zero-order valence-corrected chi connectivity index (χ0v) is 39.2. The van der Waals surface area contributed by atoms with Gasteiger partial charge >= 0.3 is 34.1 Å². The van der Waals surface area contributed by atoms with E-state index in [-0.39, 0.29) is 94.4 Å². The van der Waals surface area contributed by atoms with Gasteiger partial charge < -0.3 is 61.1 Å². The van der Waals surface area contributed by atoms with Crippen molar-refractivity contribution in [3.8, 4) is 0 Å². The third kappa shape index (κ3) is 39.6. The maximum Gasteiger partial charge on any atom is 2.00 e. The van der Waals surface area contributed by atoms with E-state index in [9.17, 15) is 0 Å². The Labute approximate surface area is 382 Å². The predicted molar refractivity (Wildman–Crippen MR) is 201 cm³/mol. The van der Waals surface area contributed by atoms with Crippen molar-refractivity contribution in [2.75, 3.05) is 90.0 Å². The number of hydrogen-bond donors (Lipinski definition) is 2. The van der Waals surface area contributed by atoms with Crippen LogP contribution in [0.15, 0.2) is 48.8 Å². The van der Waals surface area contributed by atoms with Gasteiger partial charge in [-0.1, -0.05) is 53.7 Å². The molecule has 0 atom stereocenters. The number of nitrogens with zero attached hydrogens (tertiary/aromatic N) is 8. The number of nitrogens with two attached hydrogens (primary N) is 2. The predicted octanol–water partition coefficient (Wildman–Crippen LogP) is -6.39. The van der Waals surface area contributed by atoms with Crippen LogP contribution in [0.2, 0.25) is 0 Å².